The van der Waals surface area contributed by atoms with Crippen molar-refractivity contribution >= 4 is 27.6 Å². The van der Waals surface area contributed by atoms with Gasteiger partial charge in [-0.3, -0.25) is 0 Å². The van der Waals surface area contributed by atoms with Gasteiger partial charge in [-0.2, -0.15) is 0 Å². The summed E-state index contributed by atoms with van der Waals surface area (Å²) < 4.78 is 5.88. The number of halogens is 1. The summed E-state index contributed by atoms with van der Waals surface area (Å²) in [5, 5.41) is 0. The van der Waals surface area contributed by atoms with E-state index in [0.29, 0.717) is 15.7 Å². The van der Waals surface area contributed by atoms with Crippen LogP contribution in [0.3, 0.4) is 0 Å². The topological polar surface area (TPSA) is 52.3 Å². The van der Waals surface area contributed by atoms with Gasteiger partial charge in [0.15, 0.2) is 0 Å². The molecule has 19 heavy (non-hydrogen) atoms. The van der Waals surface area contributed by atoms with Gasteiger partial charge in [0.2, 0.25) is 0 Å². The number of hydrogen-bond acceptors (Lipinski definition) is 3. The average molecular weight is 320 g/mol. The van der Waals surface area contributed by atoms with E-state index < -0.39 is 0 Å². The highest BCUT2D eigenvalue weighted by molar-refractivity contribution is 9.10. The molecular weight excluding hydrogens is 306 g/mol. The van der Waals surface area contributed by atoms with Crippen molar-refractivity contribution in [3.63, 3.8) is 0 Å². The minimum absolute atomic E-state index is 0.257. The molecule has 0 aliphatic rings. The van der Waals surface area contributed by atoms with E-state index in [0.717, 1.165) is 11.1 Å². The van der Waals surface area contributed by atoms with Gasteiger partial charge in [-0.1, -0.05) is 30.3 Å². The Hall–Kier alpha value is -1.81. The van der Waals surface area contributed by atoms with Gasteiger partial charge in [0.25, 0.3) is 0 Å². The number of carbonyl (C=O) groups excluding carboxylic acids is 1. The fourth-order valence-electron chi connectivity index (χ4n) is 1.70. The van der Waals surface area contributed by atoms with Crippen molar-refractivity contribution in [3.05, 3.63) is 63.6 Å². The Morgan fingerprint density at radius 1 is 1.21 bits per heavy atom. The molecule has 3 nitrogen and oxygen atoms in total. The second kappa shape index (κ2) is 5.89. The lowest BCUT2D eigenvalue weighted by atomic mass is 10.1. The molecule has 2 N–H and O–H groups in total. The molecule has 0 bridgehead atoms. The highest BCUT2D eigenvalue weighted by Gasteiger charge is 2.13. The molecule has 0 amide bonds. The monoisotopic (exact) mass is 319 g/mol. The number of ether oxygens (including phenoxy) is 1. The van der Waals surface area contributed by atoms with E-state index in [1.807, 2.05) is 31.2 Å². The number of nitrogen functional groups attached to an aromatic ring is 1. The number of esters is 1. The minimum atomic E-state index is -0.387. The van der Waals surface area contributed by atoms with Gasteiger partial charge in [-0.25, -0.2) is 4.79 Å². The average Bonchev–Trinajstić information content (AvgIpc) is 2.40. The second-order valence-corrected chi connectivity index (χ2v) is 5.00. The van der Waals surface area contributed by atoms with Crippen molar-refractivity contribution < 1.29 is 9.53 Å². The molecule has 0 aliphatic heterocycles. The molecule has 0 saturated heterocycles. The van der Waals surface area contributed by atoms with Crippen LogP contribution in [0, 0.1) is 6.92 Å². The van der Waals surface area contributed by atoms with Crippen molar-refractivity contribution in [2.24, 2.45) is 0 Å². The summed E-state index contributed by atoms with van der Waals surface area (Å²) in [4.78, 5) is 12.0. The fraction of sp³-hybridized carbons (Fsp3) is 0.133. The number of hydrogen-bond donors (Lipinski definition) is 1. The Kier molecular flexibility index (Phi) is 4.22. The first-order chi connectivity index (χ1) is 9.09. The lowest BCUT2D eigenvalue weighted by Gasteiger charge is -2.09. The van der Waals surface area contributed by atoms with Crippen molar-refractivity contribution in [2.45, 2.75) is 13.5 Å². The van der Waals surface area contributed by atoms with Gasteiger partial charge < -0.3 is 10.5 Å². The Balaban J connectivity index is 2.10. The second-order valence-electron chi connectivity index (χ2n) is 4.21. The third kappa shape index (κ3) is 3.15. The maximum atomic E-state index is 12.0. The predicted octanol–water partition coefficient (Wildman–Crippen LogP) is 3.70. The Labute approximate surface area is 120 Å². The molecule has 0 saturated carbocycles. The Morgan fingerprint density at radius 2 is 1.95 bits per heavy atom. The SMILES string of the molecule is Cc1ccccc1COC(=O)c1cccc(N)c1Br. The summed E-state index contributed by atoms with van der Waals surface area (Å²) in [6.07, 6.45) is 0. The van der Waals surface area contributed by atoms with Gasteiger partial charge in [-0.05, 0) is 46.1 Å². The molecule has 0 fully saturated rings. The van der Waals surface area contributed by atoms with Crippen molar-refractivity contribution in [1.82, 2.24) is 0 Å². The largest absolute Gasteiger partial charge is 0.457 e. The zero-order chi connectivity index (χ0) is 13.8. The molecule has 0 aliphatic carbocycles. The summed E-state index contributed by atoms with van der Waals surface area (Å²) in [6.45, 7) is 2.24. The van der Waals surface area contributed by atoms with E-state index in [1.165, 1.54) is 0 Å². The maximum absolute atomic E-state index is 12.0. The summed E-state index contributed by atoms with van der Waals surface area (Å²) in [5.41, 5.74) is 8.79. The highest BCUT2D eigenvalue weighted by Crippen LogP contribution is 2.24. The lowest BCUT2D eigenvalue weighted by Crippen LogP contribution is -2.07. The van der Waals surface area contributed by atoms with E-state index in [-0.39, 0.29) is 12.6 Å². The summed E-state index contributed by atoms with van der Waals surface area (Å²) >= 11 is 3.30. The normalized spacial score (nSPS) is 10.2. The van der Waals surface area contributed by atoms with E-state index in [2.05, 4.69) is 15.9 Å². The summed E-state index contributed by atoms with van der Waals surface area (Å²) in [7, 11) is 0. The Morgan fingerprint density at radius 3 is 2.68 bits per heavy atom. The van der Waals surface area contributed by atoms with Crippen LogP contribution in [0.5, 0.6) is 0 Å². The van der Waals surface area contributed by atoms with Gasteiger partial charge in [0.05, 0.1) is 10.0 Å². The molecule has 0 heterocycles. The van der Waals surface area contributed by atoms with E-state index >= 15 is 0 Å². The third-order valence-electron chi connectivity index (χ3n) is 2.87. The Bertz CT molecular complexity index is 611. The molecular formula is C15H14BrNO2. The molecule has 98 valence electrons. The number of anilines is 1. The minimum Gasteiger partial charge on any atom is -0.457 e. The summed E-state index contributed by atoms with van der Waals surface area (Å²) in [5.74, 6) is -0.387. The molecule has 4 heteroatoms. The van der Waals surface area contributed by atoms with Gasteiger partial charge in [-0.15, -0.1) is 0 Å². The number of carbonyl (C=O) groups is 1. The predicted molar refractivity (Wildman–Crippen MR) is 78.9 cm³/mol. The van der Waals surface area contributed by atoms with Crippen LogP contribution in [0.4, 0.5) is 5.69 Å². The van der Waals surface area contributed by atoms with Crippen LogP contribution in [0.1, 0.15) is 21.5 Å². The van der Waals surface area contributed by atoms with E-state index in [1.54, 1.807) is 18.2 Å². The molecule has 0 unspecified atom stereocenters. The van der Waals surface area contributed by atoms with Crippen LogP contribution < -0.4 is 5.73 Å². The standard InChI is InChI=1S/C15H14BrNO2/c1-10-5-2-3-6-11(10)9-19-15(18)12-7-4-8-13(17)14(12)16/h2-8H,9,17H2,1H3. The zero-order valence-electron chi connectivity index (χ0n) is 10.5. The first kappa shape index (κ1) is 13.6. The van der Waals surface area contributed by atoms with Crippen molar-refractivity contribution in [2.75, 3.05) is 5.73 Å². The van der Waals surface area contributed by atoms with Crippen LogP contribution in [0.25, 0.3) is 0 Å². The van der Waals surface area contributed by atoms with Crippen LogP contribution in [-0.4, -0.2) is 5.97 Å². The first-order valence-corrected chi connectivity index (χ1v) is 6.64. The molecule has 0 radical (unpaired) electrons. The van der Waals surface area contributed by atoms with Crippen LogP contribution >= 0.6 is 15.9 Å². The third-order valence-corrected chi connectivity index (χ3v) is 3.75. The van der Waals surface area contributed by atoms with Crippen LogP contribution in [-0.2, 0) is 11.3 Å². The van der Waals surface area contributed by atoms with Gasteiger partial charge in [0.1, 0.15) is 6.61 Å². The van der Waals surface area contributed by atoms with Gasteiger partial charge >= 0.3 is 5.97 Å². The quantitative estimate of drug-likeness (QED) is 0.693. The summed E-state index contributed by atoms with van der Waals surface area (Å²) in [6, 6.07) is 12.9. The number of benzene rings is 2. The fourth-order valence-corrected chi connectivity index (χ4v) is 2.13. The number of aryl methyl sites for hydroxylation is 1. The van der Waals surface area contributed by atoms with E-state index in [9.17, 15) is 4.79 Å². The molecule has 0 aromatic heterocycles. The molecule has 0 atom stereocenters. The molecule has 2 aromatic rings. The van der Waals surface area contributed by atoms with Crippen LogP contribution in [0.2, 0.25) is 0 Å². The smallest absolute Gasteiger partial charge is 0.339 e. The van der Waals surface area contributed by atoms with Crippen molar-refractivity contribution in [3.8, 4) is 0 Å². The highest BCUT2D eigenvalue weighted by atomic mass is 79.9. The van der Waals surface area contributed by atoms with Crippen molar-refractivity contribution in [1.29, 1.82) is 0 Å². The molecule has 2 aromatic carbocycles. The number of rotatable bonds is 3. The van der Waals surface area contributed by atoms with Gasteiger partial charge in [0, 0.05) is 5.69 Å². The zero-order valence-corrected chi connectivity index (χ0v) is 12.1. The molecule has 2 rings (SSSR count). The van der Waals surface area contributed by atoms with Crippen LogP contribution in [0.15, 0.2) is 46.9 Å². The maximum Gasteiger partial charge on any atom is 0.339 e. The lowest BCUT2D eigenvalue weighted by molar-refractivity contribution is 0.0471. The molecule has 0 spiro atoms. The first-order valence-electron chi connectivity index (χ1n) is 5.85. The van der Waals surface area contributed by atoms with E-state index in [4.69, 9.17) is 10.5 Å². The number of nitrogens with two attached hydrogens (primary N) is 1.